The molecule has 0 aromatic rings. The second-order valence-electron chi connectivity index (χ2n) is 2.82. The number of halogens is 4. The normalized spacial score (nSPS) is 42.6. The third-order valence-corrected chi connectivity index (χ3v) is 12.2. The first-order valence-electron chi connectivity index (χ1n) is 3.07. The molecule has 1 aliphatic heterocycles. The summed E-state index contributed by atoms with van der Waals surface area (Å²) >= 11 is 0. The van der Waals surface area contributed by atoms with Gasteiger partial charge in [-0.05, 0) is 0 Å². The van der Waals surface area contributed by atoms with Gasteiger partial charge in [-0.25, -0.2) is 0 Å². The van der Waals surface area contributed by atoms with E-state index in [1.54, 1.807) is 0 Å². The van der Waals surface area contributed by atoms with Crippen molar-refractivity contribution in [1.29, 1.82) is 0 Å². The molecule has 0 radical (unpaired) electrons. The van der Waals surface area contributed by atoms with E-state index in [0.29, 0.717) is 0 Å². The van der Waals surface area contributed by atoms with Crippen LogP contribution in [-0.2, 0) is 0 Å². The average Bonchev–Trinajstić information content (AvgIpc) is 1.84. The quantitative estimate of drug-likeness (QED) is 0.311. The molecule has 1 fully saturated rings. The van der Waals surface area contributed by atoms with Gasteiger partial charge in [-0.15, -0.1) is 0 Å². The van der Waals surface area contributed by atoms with Crippen molar-refractivity contribution in [2.24, 2.45) is 0 Å². The Balaban J connectivity index is 2.82. The van der Waals surface area contributed by atoms with Crippen LogP contribution in [0.2, 0.25) is 11.1 Å². The Labute approximate surface area is 58.7 Å². The van der Waals surface area contributed by atoms with Crippen LogP contribution in [0.4, 0.5) is 16.4 Å². The topological polar surface area (TPSA) is 0 Å². The lowest BCUT2D eigenvalue weighted by molar-refractivity contribution is 0.443. The lowest BCUT2D eigenvalue weighted by Crippen LogP contribution is -2.68. The van der Waals surface area contributed by atoms with Gasteiger partial charge in [-0.1, -0.05) is 13.8 Å². The Morgan fingerprint density at radius 2 is 1.00 bits per heavy atom. The van der Waals surface area contributed by atoms with E-state index in [4.69, 9.17) is 0 Å². The highest BCUT2D eigenvalue weighted by Crippen LogP contribution is 2.59. The molecule has 0 saturated carbocycles. The molecule has 2 atom stereocenters. The Hall–Kier alpha value is 0.154. The van der Waals surface area contributed by atoms with Gasteiger partial charge in [0.2, 0.25) is 0 Å². The summed E-state index contributed by atoms with van der Waals surface area (Å²) in [5.74, 6) is 0. The summed E-state index contributed by atoms with van der Waals surface area (Å²) in [6, 6.07) is 0. The van der Waals surface area contributed by atoms with E-state index in [9.17, 15) is 16.4 Å². The van der Waals surface area contributed by atoms with E-state index in [0.717, 1.165) is 0 Å². The summed E-state index contributed by atoms with van der Waals surface area (Å²) in [7, 11) is -10.1. The zero-order valence-corrected chi connectivity index (χ0v) is 7.67. The minimum atomic E-state index is -5.04. The fourth-order valence-electron chi connectivity index (χ4n) is 1.14. The third-order valence-electron chi connectivity index (χ3n) is 2.34. The summed E-state index contributed by atoms with van der Waals surface area (Å²) in [5.41, 5.74) is -1.98. The van der Waals surface area contributed by atoms with Gasteiger partial charge in [0.25, 0.3) is 0 Å². The molecule has 0 nitrogen and oxygen atoms in total. The zero-order chi connectivity index (χ0) is 8.15. The molecule has 0 unspecified atom stereocenters. The maximum Gasteiger partial charge on any atom is 0.479 e. The van der Waals surface area contributed by atoms with E-state index in [2.05, 4.69) is 0 Å². The largest absolute Gasteiger partial charge is 0.479 e. The number of hydrogen-bond donors (Lipinski definition) is 0. The SMILES string of the molecule is C[C@H]1[C@H](C)[Si](F)(F)[Si]1(F)F. The van der Waals surface area contributed by atoms with E-state index in [1.807, 2.05) is 0 Å². The van der Waals surface area contributed by atoms with Crippen molar-refractivity contribution in [2.45, 2.75) is 24.9 Å². The van der Waals surface area contributed by atoms with Gasteiger partial charge in [0.1, 0.15) is 0 Å². The molecule has 60 valence electrons. The monoisotopic (exact) mass is 188 g/mol. The standard InChI is InChI=1S/C4H8F4Si2/c1-3-4(2)10(7,8)9(3,5)6/h3-4H,1-2H3/t3-,4-/m0/s1. The maximum absolute atomic E-state index is 12.4. The highest BCUT2D eigenvalue weighted by atomic mass is 29.3. The Bertz CT molecular complexity index is 139. The highest BCUT2D eigenvalue weighted by Gasteiger charge is 2.82. The Kier molecular flexibility index (Phi) is 1.52. The first kappa shape index (κ1) is 8.25. The van der Waals surface area contributed by atoms with Crippen LogP contribution >= 0.6 is 0 Å². The fourth-order valence-corrected chi connectivity index (χ4v) is 8.74. The molecule has 0 aliphatic carbocycles. The van der Waals surface area contributed by atoms with Crippen molar-refractivity contribution in [1.82, 2.24) is 0 Å². The predicted molar refractivity (Wildman–Crippen MR) is 34.8 cm³/mol. The van der Waals surface area contributed by atoms with Crippen molar-refractivity contribution in [2.75, 3.05) is 0 Å². The van der Waals surface area contributed by atoms with Crippen LogP contribution in [-0.4, -0.2) is 16.5 Å². The molecule has 1 rings (SSSR count). The molecule has 0 aromatic heterocycles. The molecule has 0 spiro atoms. The summed E-state index contributed by atoms with van der Waals surface area (Å²) in [6.07, 6.45) is 0. The van der Waals surface area contributed by atoms with Crippen LogP contribution < -0.4 is 0 Å². The van der Waals surface area contributed by atoms with E-state index in [1.165, 1.54) is 13.8 Å². The van der Waals surface area contributed by atoms with Crippen LogP contribution in [0.5, 0.6) is 0 Å². The minimum Gasteiger partial charge on any atom is -0.268 e. The van der Waals surface area contributed by atoms with E-state index in [-0.39, 0.29) is 0 Å². The molecular weight excluding hydrogens is 180 g/mol. The van der Waals surface area contributed by atoms with Crippen molar-refractivity contribution in [3.8, 4) is 0 Å². The number of rotatable bonds is 0. The summed E-state index contributed by atoms with van der Waals surface area (Å²) in [5, 5.41) is 0. The minimum absolute atomic E-state index is 0.992. The van der Waals surface area contributed by atoms with Gasteiger partial charge in [-0.2, -0.15) is 0 Å². The van der Waals surface area contributed by atoms with Crippen molar-refractivity contribution in [3.63, 3.8) is 0 Å². The number of hydrogen-bond acceptors (Lipinski definition) is 0. The molecule has 0 aromatic carbocycles. The molecule has 0 amide bonds. The molecule has 1 heterocycles. The fraction of sp³-hybridized carbons (Fsp3) is 1.00. The molecule has 1 aliphatic rings. The zero-order valence-electron chi connectivity index (χ0n) is 5.67. The maximum atomic E-state index is 12.4. The van der Waals surface area contributed by atoms with Crippen molar-refractivity contribution in [3.05, 3.63) is 0 Å². The van der Waals surface area contributed by atoms with Crippen molar-refractivity contribution >= 4 is 16.5 Å². The molecule has 10 heavy (non-hydrogen) atoms. The highest BCUT2D eigenvalue weighted by molar-refractivity contribution is 7.36. The van der Waals surface area contributed by atoms with Crippen molar-refractivity contribution < 1.29 is 16.4 Å². The first-order valence-corrected chi connectivity index (χ1v) is 7.74. The van der Waals surface area contributed by atoms with Crippen LogP contribution in [0.15, 0.2) is 0 Å². The van der Waals surface area contributed by atoms with Gasteiger partial charge in [0, 0.05) is 11.1 Å². The van der Waals surface area contributed by atoms with Crippen LogP contribution in [0.25, 0.3) is 0 Å². The van der Waals surface area contributed by atoms with E-state index >= 15 is 0 Å². The van der Waals surface area contributed by atoms with Gasteiger partial charge in [0.05, 0.1) is 0 Å². The third kappa shape index (κ3) is 0.660. The first-order chi connectivity index (χ1) is 4.32. The van der Waals surface area contributed by atoms with Crippen LogP contribution in [0.1, 0.15) is 13.8 Å². The molecule has 0 bridgehead atoms. The van der Waals surface area contributed by atoms with Gasteiger partial charge in [0.15, 0.2) is 0 Å². The average molecular weight is 188 g/mol. The second kappa shape index (κ2) is 1.85. The van der Waals surface area contributed by atoms with Gasteiger partial charge >= 0.3 is 16.5 Å². The Morgan fingerprint density at radius 1 is 0.800 bits per heavy atom. The predicted octanol–water partition coefficient (Wildman–Crippen LogP) is 2.62. The van der Waals surface area contributed by atoms with Gasteiger partial charge < -0.3 is 0 Å². The molecule has 6 heteroatoms. The van der Waals surface area contributed by atoms with Gasteiger partial charge in [-0.3, -0.25) is 16.4 Å². The lowest BCUT2D eigenvalue weighted by Gasteiger charge is -2.43. The summed E-state index contributed by atoms with van der Waals surface area (Å²) in [6.45, 7) is 2.47. The summed E-state index contributed by atoms with van der Waals surface area (Å²) < 4.78 is 49.6. The summed E-state index contributed by atoms with van der Waals surface area (Å²) in [4.78, 5) is 0. The van der Waals surface area contributed by atoms with Crippen LogP contribution in [0, 0.1) is 0 Å². The lowest BCUT2D eigenvalue weighted by atomic mass is 10.3. The Morgan fingerprint density at radius 3 is 1.10 bits per heavy atom. The molecule has 1 saturated heterocycles. The van der Waals surface area contributed by atoms with Crippen LogP contribution in [0.3, 0.4) is 0 Å². The molecular formula is C4H8F4Si2. The smallest absolute Gasteiger partial charge is 0.268 e. The molecule has 0 N–H and O–H groups in total. The van der Waals surface area contributed by atoms with E-state index < -0.39 is 27.6 Å². The second-order valence-corrected chi connectivity index (χ2v) is 11.1.